The van der Waals surface area contributed by atoms with Gasteiger partial charge in [0.2, 0.25) is 0 Å². The summed E-state index contributed by atoms with van der Waals surface area (Å²) in [4.78, 5) is 0. The van der Waals surface area contributed by atoms with Gasteiger partial charge in [0.05, 0.1) is 0 Å². The minimum Gasteiger partial charge on any atom is -0.0538 e. The van der Waals surface area contributed by atoms with E-state index in [1.165, 1.54) is 62.6 Å². The third-order valence-electron chi connectivity index (χ3n) is 7.31. The number of hydrogen-bond donors (Lipinski definition) is 0. The largest absolute Gasteiger partial charge is 0.0538 e. The molecule has 0 heteroatoms. The summed E-state index contributed by atoms with van der Waals surface area (Å²) in [7, 11) is 0. The Balaban J connectivity index is 1.62. The zero-order chi connectivity index (χ0) is 23.9. The Bertz CT molecular complexity index is 1630. The Morgan fingerprint density at radius 1 is 0.111 bits per heavy atom. The van der Waals surface area contributed by atoms with Crippen LogP contribution in [0.15, 0.2) is 146 Å². The third-order valence-corrected chi connectivity index (χ3v) is 7.31. The van der Waals surface area contributed by atoms with Crippen molar-refractivity contribution in [2.75, 3.05) is 0 Å². The monoisotopic (exact) mass is 456 g/mol. The van der Waals surface area contributed by atoms with Gasteiger partial charge >= 0.3 is 0 Å². The normalized spacial score (nSPS) is 11.3. The molecule has 6 aromatic rings. The van der Waals surface area contributed by atoms with Crippen LogP contribution in [0.2, 0.25) is 0 Å². The van der Waals surface area contributed by atoms with Crippen LogP contribution in [0.1, 0.15) is 0 Å². The summed E-state index contributed by atoms with van der Waals surface area (Å²) >= 11 is 0. The summed E-state index contributed by atoms with van der Waals surface area (Å²) in [5, 5.41) is 14.8. The molecule has 22 rings (SSSR count). The summed E-state index contributed by atoms with van der Waals surface area (Å²) in [5.74, 6) is 0. The second kappa shape index (κ2) is 8.52. The van der Waals surface area contributed by atoms with Crippen molar-refractivity contribution in [2.24, 2.45) is 0 Å². The maximum absolute atomic E-state index is 2.22. The Morgan fingerprint density at radius 3 is 0.222 bits per heavy atom. The number of benzene rings is 6. The molecule has 0 amide bonds. The Morgan fingerprint density at radius 2 is 0.167 bits per heavy atom. The smallest absolute Gasteiger partial charge is 0.0184 e. The molecule has 0 aliphatic heterocycles. The Hall–Kier alpha value is -4.68. The van der Waals surface area contributed by atoms with E-state index < -0.39 is 0 Å². The molecule has 0 saturated carbocycles. The summed E-state index contributed by atoms with van der Waals surface area (Å²) < 4.78 is 0. The Kier molecular flexibility index (Phi) is 4.89. The van der Waals surface area contributed by atoms with Crippen LogP contribution in [0.25, 0.3) is 0 Å². The van der Waals surface area contributed by atoms with Gasteiger partial charge in [0.25, 0.3) is 0 Å². The van der Waals surface area contributed by atoms with Gasteiger partial charge in [-0.3, -0.25) is 0 Å². The molecule has 0 saturated heterocycles. The molecule has 0 nitrogen and oxygen atoms in total. The van der Waals surface area contributed by atoms with Gasteiger partial charge < -0.3 is 0 Å². The van der Waals surface area contributed by atoms with E-state index in [2.05, 4.69) is 146 Å². The van der Waals surface area contributed by atoms with Gasteiger partial charge in [-0.05, 0) is 62.6 Å². The van der Waals surface area contributed by atoms with Crippen molar-refractivity contribution >= 4 is 0 Å². The van der Waals surface area contributed by atoms with Gasteiger partial charge in [-0.2, -0.15) is 0 Å². The van der Waals surface area contributed by atoms with E-state index in [1.54, 1.807) is 0 Å². The van der Waals surface area contributed by atoms with Crippen LogP contribution in [0, 0.1) is 62.6 Å². The molecule has 0 aromatic heterocycles. The van der Waals surface area contributed by atoms with Crippen molar-refractivity contribution in [3.8, 4) is 0 Å². The highest BCUT2D eigenvalue weighted by Crippen LogP contribution is 2.07. The zero-order valence-electron chi connectivity index (χ0n) is 19.9. The van der Waals surface area contributed by atoms with Gasteiger partial charge in [0, 0.05) is 0 Å². The minimum atomic E-state index is 1.23. The second-order valence-corrected chi connectivity index (χ2v) is 9.46. The van der Waals surface area contributed by atoms with Gasteiger partial charge in [-0.1, -0.05) is 146 Å². The van der Waals surface area contributed by atoms with E-state index in [-0.39, 0.29) is 0 Å². The summed E-state index contributed by atoms with van der Waals surface area (Å²) in [6.45, 7) is 0. The molecular weight excluding hydrogens is 432 g/mol. The molecule has 12 bridgehead atoms. The molecule has 168 valence electrons. The first-order valence-corrected chi connectivity index (χ1v) is 12.4. The van der Waals surface area contributed by atoms with Crippen molar-refractivity contribution in [3.63, 3.8) is 0 Å². The molecule has 0 fully saturated rings. The van der Waals surface area contributed by atoms with Crippen molar-refractivity contribution < 1.29 is 0 Å². The third kappa shape index (κ3) is 3.74. The first-order chi connectivity index (χ1) is 17.8. The topological polar surface area (TPSA) is 0 Å². The summed E-state index contributed by atoms with van der Waals surface area (Å²) in [5.41, 5.74) is 0. The van der Waals surface area contributed by atoms with Crippen LogP contribution in [-0.2, 0) is 0 Å². The van der Waals surface area contributed by atoms with E-state index in [0.29, 0.717) is 0 Å². The highest BCUT2D eigenvalue weighted by molar-refractivity contribution is 5.25. The van der Waals surface area contributed by atoms with E-state index in [4.69, 9.17) is 0 Å². The lowest BCUT2D eigenvalue weighted by Crippen LogP contribution is -1.80. The predicted octanol–water partition coefficient (Wildman–Crippen LogP) is 7.72. The predicted molar refractivity (Wildman–Crippen MR) is 145 cm³/mol. The standard InChI is InChI=1S/C36H24/c1-2-26-4-3-25(1)27-5-7-29(8-6-27)31-13-15-33(16-14-31)35-21-23-36(24-22-35)34-19-17-32(18-20-34)30-11-9-28(26)10-12-30/h1-24H. The molecule has 0 atom stereocenters. The molecule has 0 unspecified atom stereocenters. The molecule has 16 aliphatic carbocycles. The summed E-state index contributed by atoms with van der Waals surface area (Å²) in [6, 6.07) is 53.2. The molecule has 0 radical (unpaired) electrons. The molecule has 0 N–H and O–H groups in total. The maximum Gasteiger partial charge on any atom is -0.0184 e. The minimum absolute atomic E-state index is 1.23. The van der Waals surface area contributed by atoms with E-state index in [0.717, 1.165) is 0 Å². The molecule has 16 aliphatic rings. The molecule has 36 heavy (non-hydrogen) atoms. The van der Waals surface area contributed by atoms with Gasteiger partial charge in [-0.25, -0.2) is 0 Å². The van der Waals surface area contributed by atoms with Gasteiger partial charge in [0.15, 0.2) is 0 Å². The quantitative estimate of drug-likeness (QED) is 0.219. The average Bonchev–Trinajstić information content (AvgIpc) is 2.97. The number of hydrogen-bond acceptors (Lipinski definition) is 0. The van der Waals surface area contributed by atoms with Gasteiger partial charge in [0.1, 0.15) is 0 Å². The van der Waals surface area contributed by atoms with Crippen LogP contribution < -0.4 is 0 Å². The Labute approximate surface area is 208 Å². The van der Waals surface area contributed by atoms with E-state index >= 15 is 0 Å². The maximum atomic E-state index is 2.22. The van der Waals surface area contributed by atoms with Crippen LogP contribution in [0.5, 0.6) is 0 Å². The van der Waals surface area contributed by atoms with E-state index in [1.807, 2.05) is 0 Å². The fourth-order valence-electron chi connectivity index (χ4n) is 5.13. The van der Waals surface area contributed by atoms with Crippen molar-refractivity contribution in [1.82, 2.24) is 0 Å². The summed E-state index contributed by atoms with van der Waals surface area (Å²) in [6.07, 6.45) is 0. The fourth-order valence-corrected chi connectivity index (χ4v) is 5.13. The SMILES string of the molecule is c1cc2ccc1=c1ccc(cc1)=c1ccc(cc1)=c1ccc(cc1)=c1ccc(cc1)=c1ccc=2cc1. The lowest BCUT2D eigenvalue weighted by Gasteiger charge is -1.95. The first kappa shape index (κ1) is 20.7. The van der Waals surface area contributed by atoms with Gasteiger partial charge in [-0.15, -0.1) is 0 Å². The average molecular weight is 457 g/mol. The molecule has 6 aromatic carbocycles. The zero-order valence-corrected chi connectivity index (χ0v) is 19.9. The van der Waals surface area contributed by atoms with Crippen LogP contribution in [0.4, 0.5) is 0 Å². The second-order valence-electron chi connectivity index (χ2n) is 9.46. The van der Waals surface area contributed by atoms with E-state index in [9.17, 15) is 0 Å². The highest BCUT2D eigenvalue weighted by atomic mass is 14.0. The van der Waals surface area contributed by atoms with Crippen LogP contribution >= 0.6 is 0 Å². The van der Waals surface area contributed by atoms with Crippen molar-refractivity contribution in [3.05, 3.63) is 208 Å². The fraction of sp³-hybridized carbons (Fsp3) is 0. The van der Waals surface area contributed by atoms with Crippen molar-refractivity contribution in [1.29, 1.82) is 0 Å². The van der Waals surface area contributed by atoms with Crippen LogP contribution in [-0.4, -0.2) is 0 Å². The molecule has 0 heterocycles. The highest BCUT2D eigenvalue weighted by Gasteiger charge is 1.91. The number of rotatable bonds is 0. The molecular formula is C36H24. The van der Waals surface area contributed by atoms with Crippen LogP contribution in [0.3, 0.4) is 0 Å². The lowest BCUT2D eigenvalue weighted by molar-refractivity contribution is 1.38. The molecule has 0 spiro atoms. The lowest BCUT2D eigenvalue weighted by atomic mass is 10.1. The first-order valence-electron chi connectivity index (χ1n) is 12.4. The van der Waals surface area contributed by atoms with Crippen molar-refractivity contribution in [2.45, 2.75) is 0 Å².